The van der Waals surface area contributed by atoms with Crippen molar-refractivity contribution in [3.8, 4) is 11.3 Å². The van der Waals surface area contributed by atoms with Crippen molar-refractivity contribution in [2.75, 3.05) is 10.6 Å². The summed E-state index contributed by atoms with van der Waals surface area (Å²) in [4.78, 5) is 18.1. The van der Waals surface area contributed by atoms with E-state index in [0.29, 0.717) is 0 Å². The average molecular weight is 473 g/mol. The van der Waals surface area contributed by atoms with Crippen LogP contribution in [0.5, 0.6) is 0 Å². The van der Waals surface area contributed by atoms with Gasteiger partial charge in [-0.1, -0.05) is 60.2 Å². The summed E-state index contributed by atoms with van der Waals surface area (Å²) in [6.07, 6.45) is 2.35. The van der Waals surface area contributed by atoms with Crippen LogP contribution in [0, 0.1) is 20.8 Å². The van der Waals surface area contributed by atoms with Crippen LogP contribution in [-0.4, -0.2) is 19.9 Å². The van der Waals surface area contributed by atoms with Gasteiger partial charge in [0.05, 0.1) is 5.69 Å². The molecule has 0 aliphatic carbocycles. The van der Waals surface area contributed by atoms with Crippen molar-refractivity contribution in [1.29, 1.82) is 0 Å². The zero-order valence-electron chi connectivity index (χ0n) is 20.7. The molecule has 6 heteroatoms. The lowest BCUT2D eigenvalue weighted by Gasteiger charge is -2.15. The molecule has 0 amide bonds. The molecule has 0 saturated carbocycles. The Kier molecular flexibility index (Phi) is 6.67. The van der Waals surface area contributed by atoms with Gasteiger partial charge in [-0.3, -0.25) is 0 Å². The highest BCUT2D eigenvalue weighted by molar-refractivity contribution is 5.68. The lowest BCUT2D eigenvalue weighted by Crippen LogP contribution is -2.06. The summed E-state index contributed by atoms with van der Waals surface area (Å²) in [7, 11) is 0. The molecule has 36 heavy (non-hydrogen) atoms. The Hall–Kier alpha value is -4.58. The van der Waals surface area contributed by atoms with E-state index in [1.54, 1.807) is 6.33 Å². The molecule has 0 saturated heterocycles. The quantitative estimate of drug-likeness (QED) is 0.267. The van der Waals surface area contributed by atoms with E-state index < -0.39 is 0 Å². The third kappa shape index (κ3) is 5.55. The molecular formula is C30H28N6. The maximum Gasteiger partial charge on any atom is 0.137 e. The lowest BCUT2D eigenvalue weighted by atomic mass is 10.0. The van der Waals surface area contributed by atoms with E-state index in [-0.39, 0.29) is 0 Å². The number of rotatable bonds is 7. The number of hydrogen-bond donors (Lipinski definition) is 2. The van der Waals surface area contributed by atoms with Gasteiger partial charge in [0, 0.05) is 40.7 Å². The highest BCUT2D eigenvalue weighted by Gasteiger charge is 2.12. The highest BCUT2D eigenvalue weighted by Crippen LogP contribution is 2.26. The number of nitrogens with zero attached hydrogens (tertiary/aromatic N) is 4. The van der Waals surface area contributed by atoms with Crippen molar-refractivity contribution in [3.05, 3.63) is 119 Å². The van der Waals surface area contributed by atoms with E-state index in [0.717, 1.165) is 57.8 Å². The van der Waals surface area contributed by atoms with Gasteiger partial charge >= 0.3 is 0 Å². The summed E-state index contributed by atoms with van der Waals surface area (Å²) in [5.41, 5.74) is 8.40. The molecule has 2 aromatic heterocycles. The first-order chi connectivity index (χ1) is 17.5. The Morgan fingerprint density at radius 2 is 1.39 bits per heavy atom. The van der Waals surface area contributed by atoms with Gasteiger partial charge in [0.2, 0.25) is 0 Å². The number of hydrogen-bond acceptors (Lipinski definition) is 6. The van der Waals surface area contributed by atoms with E-state index >= 15 is 0 Å². The topological polar surface area (TPSA) is 75.6 Å². The van der Waals surface area contributed by atoms with Crippen LogP contribution >= 0.6 is 0 Å². The third-order valence-corrected chi connectivity index (χ3v) is 5.98. The fourth-order valence-corrected chi connectivity index (χ4v) is 4.07. The van der Waals surface area contributed by atoms with Gasteiger partial charge < -0.3 is 10.6 Å². The Morgan fingerprint density at radius 1 is 0.694 bits per heavy atom. The standard InChI is InChI=1S/C30H28N6/c1-20-9-11-23(12-10-20)17-27-21(2)33-22(3)34-30(27)36-26-15-13-25(14-16-26)35-29-18-28(31-19-32-29)24-7-5-4-6-8-24/h4-16,18-19H,17H2,1-3H3,(H,31,32,35)(H,33,34,36). The molecule has 0 unspecified atom stereocenters. The van der Waals surface area contributed by atoms with Gasteiger partial charge in [-0.2, -0.15) is 0 Å². The molecule has 5 rings (SSSR count). The predicted molar refractivity (Wildman–Crippen MR) is 146 cm³/mol. The summed E-state index contributed by atoms with van der Waals surface area (Å²) < 4.78 is 0. The first kappa shape index (κ1) is 23.2. The summed E-state index contributed by atoms with van der Waals surface area (Å²) in [5, 5.41) is 6.87. The molecule has 0 aliphatic rings. The van der Waals surface area contributed by atoms with E-state index in [1.807, 2.05) is 74.5 Å². The fraction of sp³-hybridized carbons (Fsp3) is 0.133. The molecule has 3 aromatic carbocycles. The van der Waals surface area contributed by atoms with Gasteiger partial charge in [-0.05, 0) is 50.6 Å². The van der Waals surface area contributed by atoms with Gasteiger partial charge in [0.25, 0.3) is 0 Å². The van der Waals surface area contributed by atoms with Crippen LogP contribution < -0.4 is 10.6 Å². The van der Waals surface area contributed by atoms with Crippen LogP contribution in [0.25, 0.3) is 11.3 Å². The van der Waals surface area contributed by atoms with E-state index in [2.05, 4.69) is 56.8 Å². The number of nitrogens with one attached hydrogen (secondary N) is 2. The molecule has 0 aliphatic heterocycles. The van der Waals surface area contributed by atoms with Crippen LogP contribution in [0.3, 0.4) is 0 Å². The number of anilines is 4. The van der Waals surface area contributed by atoms with E-state index in [9.17, 15) is 0 Å². The van der Waals surface area contributed by atoms with Crippen LogP contribution in [0.2, 0.25) is 0 Å². The second-order valence-corrected chi connectivity index (χ2v) is 8.83. The van der Waals surface area contributed by atoms with Gasteiger partial charge in [-0.15, -0.1) is 0 Å². The minimum absolute atomic E-state index is 0.743. The minimum atomic E-state index is 0.743. The number of benzene rings is 3. The van der Waals surface area contributed by atoms with Crippen LogP contribution in [-0.2, 0) is 6.42 Å². The van der Waals surface area contributed by atoms with Crippen molar-refractivity contribution < 1.29 is 0 Å². The highest BCUT2D eigenvalue weighted by atomic mass is 15.0. The van der Waals surface area contributed by atoms with Crippen molar-refractivity contribution in [3.63, 3.8) is 0 Å². The van der Waals surface area contributed by atoms with Gasteiger partial charge in [0.15, 0.2) is 0 Å². The Bertz CT molecular complexity index is 1460. The predicted octanol–water partition coefficient (Wildman–Crippen LogP) is 6.94. The molecule has 0 radical (unpaired) electrons. The maximum atomic E-state index is 4.72. The smallest absolute Gasteiger partial charge is 0.137 e. The second kappa shape index (κ2) is 10.4. The van der Waals surface area contributed by atoms with Crippen LogP contribution in [0.1, 0.15) is 28.2 Å². The molecular weight excluding hydrogens is 444 g/mol. The first-order valence-electron chi connectivity index (χ1n) is 11.9. The van der Waals surface area contributed by atoms with Crippen molar-refractivity contribution in [1.82, 2.24) is 19.9 Å². The van der Waals surface area contributed by atoms with Gasteiger partial charge in [-0.25, -0.2) is 19.9 Å². The van der Waals surface area contributed by atoms with Crippen LogP contribution in [0.15, 0.2) is 91.3 Å². The minimum Gasteiger partial charge on any atom is -0.340 e. The monoisotopic (exact) mass is 472 g/mol. The zero-order chi connectivity index (χ0) is 24.9. The van der Waals surface area contributed by atoms with Crippen LogP contribution in [0.4, 0.5) is 23.0 Å². The average Bonchev–Trinajstić information content (AvgIpc) is 2.89. The molecule has 0 spiro atoms. The summed E-state index contributed by atoms with van der Waals surface area (Å²) in [6.45, 7) is 6.07. The lowest BCUT2D eigenvalue weighted by molar-refractivity contribution is 0.965. The zero-order valence-corrected chi connectivity index (χ0v) is 20.7. The largest absolute Gasteiger partial charge is 0.340 e. The molecule has 0 bridgehead atoms. The molecule has 178 valence electrons. The molecule has 2 heterocycles. The summed E-state index contributed by atoms with van der Waals surface area (Å²) in [5.74, 6) is 2.33. The van der Waals surface area contributed by atoms with Crippen molar-refractivity contribution in [2.24, 2.45) is 0 Å². The Labute approximate surface area is 211 Å². The fourth-order valence-electron chi connectivity index (χ4n) is 4.07. The third-order valence-electron chi connectivity index (χ3n) is 5.98. The van der Waals surface area contributed by atoms with E-state index in [1.165, 1.54) is 11.1 Å². The number of aryl methyl sites for hydroxylation is 3. The molecule has 0 atom stereocenters. The summed E-state index contributed by atoms with van der Waals surface area (Å²) in [6, 6.07) is 28.7. The van der Waals surface area contributed by atoms with Crippen molar-refractivity contribution >= 4 is 23.0 Å². The SMILES string of the molecule is Cc1ccc(Cc2c(C)nc(C)nc2Nc2ccc(Nc3cc(-c4ccccc4)ncn3)cc2)cc1. The molecule has 2 N–H and O–H groups in total. The molecule has 5 aromatic rings. The Balaban J connectivity index is 1.33. The first-order valence-corrected chi connectivity index (χ1v) is 11.9. The molecule has 6 nitrogen and oxygen atoms in total. The molecule has 0 fully saturated rings. The van der Waals surface area contributed by atoms with E-state index in [4.69, 9.17) is 4.98 Å². The summed E-state index contributed by atoms with van der Waals surface area (Å²) >= 11 is 0. The van der Waals surface area contributed by atoms with Gasteiger partial charge in [0.1, 0.15) is 23.8 Å². The second-order valence-electron chi connectivity index (χ2n) is 8.83. The van der Waals surface area contributed by atoms with Crippen molar-refractivity contribution in [2.45, 2.75) is 27.2 Å². The number of aromatic nitrogens is 4. The maximum absolute atomic E-state index is 4.72. The normalized spacial score (nSPS) is 10.8. The Morgan fingerprint density at radius 3 is 2.11 bits per heavy atom.